The van der Waals surface area contributed by atoms with E-state index in [-0.39, 0.29) is 11.9 Å². The Morgan fingerprint density at radius 1 is 1.35 bits per heavy atom. The summed E-state index contributed by atoms with van der Waals surface area (Å²) in [5.41, 5.74) is 6.42. The molecule has 1 aliphatic carbocycles. The summed E-state index contributed by atoms with van der Waals surface area (Å²) in [6.07, 6.45) is 2.33. The summed E-state index contributed by atoms with van der Waals surface area (Å²) in [6, 6.07) is 5.47. The molecule has 1 aromatic carbocycles. The molecule has 5 nitrogen and oxygen atoms in total. The summed E-state index contributed by atoms with van der Waals surface area (Å²) in [7, 11) is 1.83. The molecule has 0 radical (unpaired) electrons. The Bertz CT molecular complexity index is 514. The summed E-state index contributed by atoms with van der Waals surface area (Å²) in [5, 5.41) is 0. The van der Waals surface area contributed by atoms with Crippen LogP contribution in [0.1, 0.15) is 23.2 Å². The first kappa shape index (κ1) is 13.2. The summed E-state index contributed by atoms with van der Waals surface area (Å²) in [4.78, 5) is 14.3. The van der Waals surface area contributed by atoms with Gasteiger partial charge in [0.05, 0.1) is 0 Å². The number of hydrogen-bond donors (Lipinski definition) is 1. The van der Waals surface area contributed by atoms with E-state index in [1.165, 1.54) is 12.8 Å². The number of nitrogens with zero attached hydrogens (tertiary/aromatic N) is 1. The number of carbonyl (C=O) groups excluding carboxylic acids is 1. The summed E-state index contributed by atoms with van der Waals surface area (Å²) >= 11 is 0. The molecule has 1 atom stereocenters. The molecule has 20 heavy (non-hydrogen) atoms. The van der Waals surface area contributed by atoms with Gasteiger partial charge in [0.25, 0.3) is 5.91 Å². The van der Waals surface area contributed by atoms with Crippen LogP contribution < -0.4 is 15.2 Å². The molecular weight excluding hydrogens is 256 g/mol. The van der Waals surface area contributed by atoms with Crippen LogP contribution in [0.25, 0.3) is 0 Å². The maximum absolute atomic E-state index is 12.5. The van der Waals surface area contributed by atoms with Crippen molar-refractivity contribution < 1.29 is 14.3 Å². The molecule has 1 unspecified atom stereocenters. The van der Waals surface area contributed by atoms with Crippen LogP contribution in [0.15, 0.2) is 18.2 Å². The minimum Gasteiger partial charge on any atom is -0.486 e. The Labute approximate surface area is 118 Å². The van der Waals surface area contributed by atoms with Gasteiger partial charge in [-0.3, -0.25) is 4.79 Å². The second-order valence-corrected chi connectivity index (χ2v) is 5.41. The summed E-state index contributed by atoms with van der Waals surface area (Å²) < 4.78 is 11.0. The van der Waals surface area contributed by atoms with E-state index in [4.69, 9.17) is 15.2 Å². The fourth-order valence-electron chi connectivity index (χ4n) is 2.68. The molecule has 5 heteroatoms. The summed E-state index contributed by atoms with van der Waals surface area (Å²) in [6.45, 7) is 1.59. The third kappa shape index (κ3) is 2.45. The molecule has 1 amide bonds. The zero-order valence-electron chi connectivity index (χ0n) is 11.7. The molecule has 1 fully saturated rings. The van der Waals surface area contributed by atoms with E-state index >= 15 is 0 Å². The van der Waals surface area contributed by atoms with Crippen molar-refractivity contribution in [3.63, 3.8) is 0 Å². The first-order chi connectivity index (χ1) is 9.70. The van der Waals surface area contributed by atoms with Gasteiger partial charge in [-0.05, 0) is 37.0 Å². The fraction of sp³-hybridized carbons (Fsp3) is 0.533. The van der Waals surface area contributed by atoms with E-state index in [1.54, 1.807) is 23.1 Å². The molecule has 1 aromatic rings. The molecule has 0 spiro atoms. The van der Waals surface area contributed by atoms with Gasteiger partial charge < -0.3 is 20.1 Å². The molecule has 2 N–H and O–H groups in total. The molecule has 0 saturated heterocycles. The van der Waals surface area contributed by atoms with Crippen LogP contribution in [-0.2, 0) is 0 Å². The normalized spacial score (nSPS) is 18.5. The lowest BCUT2D eigenvalue weighted by Gasteiger charge is -2.27. The topological polar surface area (TPSA) is 64.8 Å². The first-order valence-corrected chi connectivity index (χ1v) is 7.07. The van der Waals surface area contributed by atoms with E-state index in [0.29, 0.717) is 42.7 Å². The molecule has 1 heterocycles. The molecular formula is C15H20N2O3. The zero-order chi connectivity index (χ0) is 14.1. The Kier molecular flexibility index (Phi) is 3.53. The number of rotatable bonds is 4. The number of amides is 1. The first-order valence-electron chi connectivity index (χ1n) is 7.07. The van der Waals surface area contributed by atoms with Crippen LogP contribution >= 0.6 is 0 Å². The Hall–Kier alpha value is -1.75. The minimum absolute atomic E-state index is 0.00989. The highest BCUT2D eigenvalue weighted by molar-refractivity contribution is 5.95. The zero-order valence-corrected chi connectivity index (χ0v) is 11.7. The van der Waals surface area contributed by atoms with Gasteiger partial charge in [-0.25, -0.2) is 0 Å². The molecule has 108 valence electrons. The van der Waals surface area contributed by atoms with Crippen LogP contribution in [-0.4, -0.2) is 43.7 Å². The smallest absolute Gasteiger partial charge is 0.254 e. The van der Waals surface area contributed by atoms with Crippen LogP contribution in [0, 0.1) is 5.92 Å². The SMILES string of the molecule is CN(C(=O)c1ccc2c(c1)OCCO2)C(CN)C1CC1. The van der Waals surface area contributed by atoms with Gasteiger partial charge in [0.15, 0.2) is 11.5 Å². The highest BCUT2D eigenvalue weighted by atomic mass is 16.6. The van der Waals surface area contributed by atoms with Crippen molar-refractivity contribution >= 4 is 5.91 Å². The molecule has 1 aliphatic heterocycles. The Morgan fingerprint density at radius 2 is 2.05 bits per heavy atom. The predicted molar refractivity (Wildman–Crippen MR) is 75.1 cm³/mol. The second kappa shape index (κ2) is 5.32. The Morgan fingerprint density at radius 3 is 2.70 bits per heavy atom. The molecule has 3 rings (SSSR count). The average Bonchev–Trinajstić information content (AvgIpc) is 3.31. The van der Waals surface area contributed by atoms with Crippen molar-refractivity contribution in [2.75, 3.05) is 26.8 Å². The second-order valence-electron chi connectivity index (χ2n) is 5.41. The van der Waals surface area contributed by atoms with Crippen molar-refractivity contribution in [3.05, 3.63) is 23.8 Å². The molecule has 0 aromatic heterocycles. The van der Waals surface area contributed by atoms with E-state index in [2.05, 4.69) is 0 Å². The van der Waals surface area contributed by atoms with Crippen LogP contribution in [0.3, 0.4) is 0 Å². The largest absolute Gasteiger partial charge is 0.486 e. The lowest BCUT2D eigenvalue weighted by molar-refractivity contribution is 0.0717. The molecule has 1 saturated carbocycles. The van der Waals surface area contributed by atoms with Gasteiger partial charge in [0, 0.05) is 25.2 Å². The third-order valence-electron chi connectivity index (χ3n) is 4.01. The highest BCUT2D eigenvalue weighted by Gasteiger charge is 2.35. The van der Waals surface area contributed by atoms with Gasteiger partial charge in [0.2, 0.25) is 0 Å². The fourth-order valence-corrected chi connectivity index (χ4v) is 2.68. The number of ether oxygens (including phenoxy) is 2. The number of benzene rings is 1. The highest BCUT2D eigenvalue weighted by Crippen LogP contribution is 2.36. The third-order valence-corrected chi connectivity index (χ3v) is 4.01. The molecule has 0 bridgehead atoms. The Balaban J connectivity index is 1.79. The number of likely N-dealkylation sites (N-methyl/N-ethyl adjacent to an activating group) is 1. The van der Waals surface area contributed by atoms with E-state index in [0.717, 1.165) is 0 Å². The van der Waals surface area contributed by atoms with E-state index in [9.17, 15) is 4.79 Å². The van der Waals surface area contributed by atoms with Gasteiger partial charge in [-0.2, -0.15) is 0 Å². The lowest BCUT2D eigenvalue weighted by Crippen LogP contribution is -2.43. The van der Waals surface area contributed by atoms with Crippen molar-refractivity contribution in [1.29, 1.82) is 0 Å². The van der Waals surface area contributed by atoms with Crippen molar-refractivity contribution in [3.8, 4) is 11.5 Å². The van der Waals surface area contributed by atoms with Gasteiger partial charge >= 0.3 is 0 Å². The maximum Gasteiger partial charge on any atom is 0.254 e. The van der Waals surface area contributed by atoms with E-state index < -0.39 is 0 Å². The van der Waals surface area contributed by atoms with Crippen molar-refractivity contribution in [1.82, 2.24) is 4.90 Å². The molecule has 2 aliphatic rings. The monoisotopic (exact) mass is 276 g/mol. The van der Waals surface area contributed by atoms with Crippen LogP contribution in [0.4, 0.5) is 0 Å². The van der Waals surface area contributed by atoms with Gasteiger partial charge in [-0.1, -0.05) is 0 Å². The quantitative estimate of drug-likeness (QED) is 0.899. The van der Waals surface area contributed by atoms with Crippen molar-refractivity contribution in [2.45, 2.75) is 18.9 Å². The van der Waals surface area contributed by atoms with Crippen molar-refractivity contribution in [2.24, 2.45) is 11.7 Å². The number of nitrogens with two attached hydrogens (primary N) is 1. The minimum atomic E-state index is -0.00989. The van der Waals surface area contributed by atoms with Crippen LogP contribution in [0.5, 0.6) is 11.5 Å². The average molecular weight is 276 g/mol. The number of fused-ring (bicyclic) bond motifs is 1. The summed E-state index contributed by atoms with van der Waals surface area (Å²) in [5.74, 6) is 1.90. The lowest BCUT2D eigenvalue weighted by atomic mass is 10.1. The maximum atomic E-state index is 12.5. The van der Waals surface area contributed by atoms with Gasteiger partial charge in [-0.15, -0.1) is 0 Å². The van der Waals surface area contributed by atoms with Gasteiger partial charge in [0.1, 0.15) is 13.2 Å². The van der Waals surface area contributed by atoms with Crippen LogP contribution in [0.2, 0.25) is 0 Å². The predicted octanol–water partition coefficient (Wildman–Crippen LogP) is 1.27. The van der Waals surface area contributed by atoms with E-state index in [1.807, 2.05) is 7.05 Å². The standard InChI is InChI=1S/C15H20N2O3/c1-17(12(9-16)10-2-3-10)15(18)11-4-5-13-14(8-11)20-7-6-19-13/h4-5,8,10,12H,2-3,6-7,9,16H2,1H3. The number of carbonyl (C=O) groups is 1. The number of hydrogen-bond acceptors (Lipinski definition) is 4.